The van der Waals surface area contributed by atoms with Gasteiger partial charge in [0, 0.05) is 26.8 Å². The highest BCUT2D eigenvalue weighted by Gasteiger charge is 2.18. The van der Waals surface area contributed by atoms with E-state index in [9.17, 15) is 9.90 Å². The van der Waals surface area contributed by atoms with Gasteiger partial charge in [0.1, 0.15) is 0 Å². The first kappa shape index (κ1) is 12.9. The lowest BCUT2D eigenvalue weighted by Crippen LogP contribution is -2.30. The summed E-state index contributed by atoms with van der Waals surface area (Å²) in [5.41, 5.74) is 1.16. The molecule has 0 aromatic heterocycles. The molecular formula is C14H19NO3. The molecule has 1 heterocycles. The van der Waals surface area contributed by atoms with Crippen molar-refractivity contribution in [2.24, 2.45) is 5.92 Å². The highest BCUT2D eigenvalue weighted by atomic mass is 16.5. The lowest BCUT2D eigenvalue weighted by Gasteiger charge is -2.29. The number of ether oxygens (including phenoxy) is 1. The van der Waals surface area contributed by atoms with Crippen LogP contribution in [-0.2, 0) is 4.74 Å². The van der Waals surface area contributed by atoms with Crippen LogP contribution in [0.5, 0.6) is 0 Å². The number of carboxylic acid groups (broad SMARTS) is 1. The van der Waals surface area contributed by atoms with Gasteiger partial charge in [-0.25, -0.2) is 4.79 Å². The van der Waals surface area contributed by atoms with E-state index < -0.39 is 5.97 Å². The Hall–Kier alpha value is -1.55. The van der Waals surface area contributed by atoms with Crippen LogP contribution in [0.2, 0.25) is 0 Å². The molecule has 0 amide bonds. The Morgan fingerprint density at radius 2 is 2.06 bits per heavy atom. The van der Waals surface area contributed by atoms with Gasteiger partial charge in [-0.3, -0.25) is 0 Å². The van der Waals surface area contributed by atoms with Crippen LogP contribution in [0.4, 0.5) is 5.69 Å². The zero-order valence-corrected chi connectivity index (χ0v) is 10.6. The molecule has 0 atom stereocenters. The fourth-order valence-electron chi connectivity index (χ4n) is 2.40. The highest BCUT2D eigenvalue weighted by molar-refractivity contribution is 5.94. The van der Waals surface area contributed by atoms with Crippen LogP contribution in [0.3, 0.4) is 0 Å². The van der Waals surface area contributed by atoms with E-state index in [0.29, 0.717) is 11.5 Å². The van der Waals surface area contributed by atoms with E-state index in [1.807, 2.05) is 24.1 Å². The molecule has 1 aromatic carbocycles. The Labute approximate surface area is 107 Å². The van der Waals surface area contributed by atoms with E-state index in [2.05, 4.69) is 0 Å². The smallest absolute Gasteiger partial charge is 0.337 e. The average molecular weight is 249 g/mol. The summed E-state index contributed by atoms with van der Waals surface area (Å²) in [5.74, 6) is -0.282. The second kappa shape index (κ2) is 5.87. The van der Waals surface area contributed by atoms with E-state index in [0.717, 1.165) is 38.3 Å². The van der Waals surface area contributed by atoms with E-state index in [4.69, 9.17) is 4.74 Å². The zero-order chi connectivity index (χ0) is 13.0. The minimum absolute atomic E-state index is 0.368. The molecule has 1 aromatic rings. The third-order valence-electron chi connectivity index (χ3n) is 3.42. The molecular weight excluding hydrogens is 230 g/mol. The molecule has 0 spiro atoms. The Morgan fingerprint density at radius 1 is 1.39 bits per heavy atom. The number of carbonyl (C=O) groups is 1. The highest BCUT2D eigenvalue weighted by Crippen LogP contribution is 2.23. The molecule has 18 heavy (non-hydrogen) atoms. The van der Waals surface area contributed by atoms with Crippen molar-refractivity contribution >= 4 is 11.7 Å². The average Bonchev–Trinajstić information content (AvgIpc) is 2.40. The number of anilines is 1. The number of carboxylic acids is 1. The number of para-hydroxylation sites is 1. The third-order valence-corrected chi connectivity index (χ3v) is 3.42. The van der Waals surface area contributed by atoms with Crippen molar-refractivity contribution < 1.29 is 14.6 Å². The van der Waals surface area contributed by atoms with E-state index in [1.54, 1.807) is 12.1 Å². The van der Waals surface area contributed by atoms with Gasteiger partial charge in [0.05, 0.1) is 11.3 Å². The van der Waals surface area contributed by atoms with Gasteiger partial charge in [-0.05, 0) is 30.9 Å². The zero-order valence-electron chi connectivity index (χ0n) is 10.6. The topological polar surface area (TPSA) is 49.8 Å². The lowest BCUT2D eigenvalue weighted by atomic mass is 9.99. The molecule has 1 saturated heterocycles. The first-order valence-electron chi connectivity index (χ1n) is 6.29. The van der Waals surface area contributed by atoms with Crippen LogP contribution >= 0.6 is 0 Å². The van der Waals surface area contributed by atoms with E-state index >= 15 is 0 Å². The van der Waals surface area contributed by atoms with Crippen molar-refractivity contribution in [3.63, 3.8) is 0 Å². The predicted molar refractivity (Wildman–Crippen MR) is 70.2 cm³/mol. The first-order valence-corrected chi connectivity index (χ1v) is 6.29. The molecule has 98 valence electrons. The summed E-state index contributed by atoms with van der Waals surface area (Å²) < 4.78 is 5.34. The maximum absolute atomic E-state index is 11.2. The second-order valence-corrected chi connectivity index (χ2v) is 4.76. The summed E-state index contributed by atoms with van der Waals surface area (Å²) in [6.45, 7) is 2.52. The van der Waals surface area contributed by atoms with Crippen molar-refractivity contribution in [1.82, 2.24) is 0 Å². The minimum Gasteiger partial charge on any atom is -0.478 e. The van der Waals surface area contributed by atoms with Crippen LogP contribution in [0.15, 0.2) is 24.3 Å². The minimum atomic E-state index is -0.871. The molecule has 2 rings (SSSR count). The summed E-state index contributed by atoms with van der Waals surface area (Å²) in [7, 11) is 1.96. The SMILES string of the molecule is CN(CC1CCOCC1)c1ccccc1C(=O)O. The summed E-state index contributed by atoms with van der Waals surface area (Å²) in [5, 5.41) is 9.17. The molecule has 0 unspecified atom stereocenters. The van der Waals surface area contributed by atoms with Crippen molar-refractivity contribution in [1.29, 1.82) is 0 Å². The number of rotatable bonds is 4. The Kier molecular flexibility index (Phi) is 4.20. The Morgan fingerprint density at radius 3 is 2.72 bits per heavy atom. The number of hydrogen-bond donors (Lipinski definition) is 1. The molecule has 0 aliphatic carbocycles. The summed E-state index contributed by atoms with van der Waals surface area (Å²) >= 11 is 0. The van der Waals surface area contributed by atoms with Gasteiger partial charge in [0.25, 0.3) is 0 Å². The molecule has 0 bridgehead atoms. The number of aromatic carboxylic acids is 1. The van der Waals surface area contributed by atoms with Crippen molar-refractivity contribution in [2.75, 3.05) is 31.7 Å². The van der Waals surface area contributed by atoms with Crippen LogP contribution in [-0.4, -0.2) is 37.9 Å². The van der Waals surface area contributed by atoms with Gasteiger partial charge >= 0.3 is 5.97 Å². The molecule has 1 aliphatic heterocycles. The van der Waals surface area contributed by atoms with Gasteiger partial charge in [-0.15, -0.1) is 0 Å². The molecule has 0 saturated carbocycles. The van der Waals surface area contributed by atoms with Gasteiger partial charge in [0.15, 0.2) is 0 Å². The monoisotopic (exact) mass is 249 g/mol. The van der Waals surface area contributed by atoms with Crippen molar-refractivity contribution in [3.05, 3.63) is 29.8 Å². The van der Waals surface area contributed by atoms with Gasteiger partial charge in [-0.2, -0.15) is 0 Å². The predicted octanol–water partition coefficient (Wildman–Crippen LogP) is 2.25. The largest absolute Gasteiger partial charge is 0.478 e. The fraction of sp³-hybridized carbons (Fsp3) is 0.500. The number of nitrogens with zero attached hydrogens (tertiary/aromatic N) is 1. The molecule has 4 nitrogen and oxygen atoms in total. The fourth-order valence-corrected chi connectivity index (χ4v) is 2.40. The van der Waals surface area contributed by atoms with Gasteiger partial charge in [0.2, 0.25) is 0 Å². The maximum atomic E-state index is 11.2. The molecule has 0 radical (unpaired) electrons. The number of benzene rings is 1. The summed E-state index contributed by atoms with van der Waals surface area (Å²) in [6.07, 6.45) is 2.11. The molecule has 4 heteroatoms. The van der Waals surface area contributed by atoms with Gasteiger partial charge < -0.3 is 14.7 Å². The van der Waals surface area contributed by atoms with Crippen LogP contribution in [0.25, 0.3) is 0 Å². The molecule has 1 N–H and O–H groups in total. The van der Waals surface area contributed by atoms with E-state index in [1.165, 1.54) is 0 Å². The Balaban J connectivity index is 2.08. The maximum Gasteiger partial charge on any atom is 0.337 e. The molecule has 1 fully saturated rings. The third kappa shape index (κ3) is 3.01. The van der Waals surface area contributed by atoms with Crippen molar-refractivity contribution in [2.45, 2.75) is 12.8 Å². The molecule has 1 aliphatic rings. The van der Waals surface area contributed by atoms with Gasteiger partial charge in [-0.1, -0.05) is 12.1 Å². The van der Waals surface area contributed by atoms with Crippen LogP contribution in [0, 0.1) is 5.92 Å². The summed E-state index contributed by atoms with van der Waals surface area (Å²) in [6, 6.07) is 7.15. The van der Waals surface area contributed by atoms with Crippen LogP contribution in [0.1, 0.15) is 23.2 Å². The first-order chi connectivity index (χ1) is 8.68. The normalized spacial score (nSPS) is 16.5. The van der Waals surface area contributed by atoms with Crippen LogP contribution < -0.4 is 4.90 Å². The second-order valence-electron chi connectivity index (χ2n) is 4.76. The van der Waals surface area contributed by atoms with Crippen molar-refractivity contribution in [3.8, 4) is 0 Å². The Bertz CT molecular complexity index is 413. The summed E-state index contributed by atoms with van der Waals surface area (Å²) in [4.78, 5) is 13.2. The van der Waals surface area contributed by atoms with E-state index in [-0.39, 0.29) is 0 Å². The number of hydrogen-bond acceptors (Lipinski definition) is 3. The lowest BCUT2D eigenvalue weighted by molar-refractivity contribution is 0.0678. The standard InChI is InChI=1S/C14H19NO3/c1-15(10-11-6-8-18-9-7-11)13-5-3-2-4-12(13)14(16)17/h2-5,11H,6-10H2,1H3,(H,16,17). The quantitative estimate of drug-likeness (QED) is 0.889.